The van der Waals surface area contributed by atoms with Crippen LogP contribution in [0.5, 0.6) is 5.75 Å². The van der Waals surface area contributed by atoms with E-state index in [1.807, 2.05) is 72.1 Å². The van der Waals surface area contributed by atoms with Crippen LogP contribution in [0.2, 0.25) is 0 Å². The summed E-state index contributed by atoms with van der Waals surface area (Å²) in [4.78, 5) is 12.0. The van der Waals surface area contributed by atoms with Crippen LogP contribution in [0, 0.1) is 0 Å². The highest BCUT2D eigenvalue weighted by molar-refractivity contribution is 9.10. The summed E-state index contributed by atoms with van der Waals surface area (Å²) in [5, 5.41) is 4.06. The maximum atomic E-state index is 12.0. The van der Waals surface area contributed by atoms with Crippen LogP contribution >= 0.6 is 39.5 Å². The number of carbonyl (C=O) groups is 1. The first-order chi connectivity index (χ1) is 13.0. The van der Waals surface area contributed by atoms with Gasteiger partial charge in [-0.3, -0.25) is 4.79 Å². The van der Waals surface area contributed by atoms with E-state index in [2.05, 4.69) is 33.4 Å². The third-order valence-electron chi connectivity index (χ3n) is 3.98. The Kier molecular flexibility index (Phi) is 7.26. The molecule has 2 aromatic rings. The van der Waals surface area contributed by atoms with Crippen LogP contribution in [0.3, 0.4) is 0 Å². The summed E-state index contributed by atoms with van der Waals surface area (Å²) in [5.74, 6) is 2.95. The van der Waals surface area contributed by atoms with Crippen molar-refractivity contribution in [2.24, 2.45) is 5.10 Å². The molecule has 7 heteroatoms. The van der Waals surface area contributed by atoms with Crippen molar-refractivity contribution in [2.75, 3.05) is 11.5 Å². The first-order valence-corrected chi connectivity index (χ1v) is 11.4. The normalized spacial score (nSPS) is 15.8. The molecule has 1 N–H and O–H groups in total. The summed E-state index contributed by atoms with van der Waals surface area (Å²) < 4.78 is 6.81. The molecule has 3 rings (SSSR count). The number of rotatable bonds is 7. The van der Waals surface area contributed by atoms with Gasteiger partial charge in [-0.05, 0) is 54.4 Å². The average molecular weight is 465 g/mol. The van der Waals surface area contributed by atoms with Crippen LogP contribution in [0.4, 0.5) is 0 Å². The fourth-order valence-corrected chi connectivity index (χ4v) is 5.66. The van der Waals surface area contributed by atoms with E-state index >= 15 is 0 Å². The van der Waals surface area contributed by atoms with Gasteiger partial charge in [-0.2, -0.15) is 5.10 Å². The number of hydrogen-bond acceptors (Lipinski definition) is 5. The SMILES string of the molecule is CC1(CC(=O)N/N=C\c2ccc(OCc3ccc(Br)cc3)cc2)SCCS1. The molecule has 0 aromatic heterocycles. The van der Waals surface area contributed by atoms with E-state index in [1.54, 1.807) is 6.21 Å². The lowest BCUT2D eigenvalue weighted by atomic mass is 10.2. The molecule has 1 heterocycles. The molecule has 2 aromatic carbocycles. The number of hydrazone groups is 1. The topological polar surface area (TPSA) is 50.7 Å². The first-order valence-electron chi connectivity index (χ1n) is 8.60. The van der Waals surface area contributed by atoms with Gasteiger partial charge in [0, 0.05) is 16.0 Å². The van der Waals surface area contributed by atoms with E-state index in [9.17, 15) is 4.79 Å². The number of amides is 1. The van der Waals surface area contributed by atoms with Crippen molar-refractivity contribution in [3.05, 3.63) is 64.1 Å². The molecule has 1 amide bonds. The Hall–Kier alpha value is -1.44. The molecule has 27 heavy (non-hydrogen) atoms. The smallest absolute Gasteiger partial charge is 0.242 e. The Morgan fingerprint density at radius 3 is 2.52 bits per heavy atom. The number of benzene rings is 2. The van der Waals surface area contributed by atoms with Crippen LogP contribution in [0.15, 0.2) is 58.1 Å². The molecular formula is C20H21BrN2O2S2. The Balaban J connectivity index is 1.44. The lowest BCUT2D eigenvalue weighted by Gasteiger charge is -2.19. The monoisotopic (exact) mass is 464 g/mol. The minimum Gasteiger partial charge on any atom is -0.489 e. The number of halogens is 1. The van der Waals surface area contributed by atoms with Gasteiger partial charge in [0.05, 0.1) is 16.7 Å². The highest BCUT2D eigenvalue weighted by Gasteiger charge is 2.32. The largest absolute Gasteiger partial charge is 0.489 e. The molecule has 1 aliphatic heterocycles. The second-order valence-electron chi connectivity index (χ2n) is 6.28. The molecular weight excluding hydrogens is 444 g/mol. The standard InChI is InChI=1S/C20H21BrN2O2S2/c1-20(26-10-11-27-20)12-19(24)23-22-13-15-4-8-18(9-5-15)25-14-16-2-6-17(21)7-3-16/h2-9,13H,10-12,14H2,1H3,(H,23,24)/b22-13-. The van der Waals surface area contributed by atoms with Crippen molar-refractivity contribution in [1.82, 2.24) is 5.43 Å². The van der Waals surface area contributed by atoms with Crippen LogP contribution in [0.1, 0.15) is 24.5 Å². The number of carbonyl (C=O) groups excluding carboxylic acids is 1. The van der Waals surface area contributed by atoms with E-state index in [0.29, 0.717) is 13.0 Å². The molecule has 4 nitrogen and oxygen atoms in total. The van der Waals surface area contributed by atoms with Gasteiger partial charge >= 0.3 is 0 Å². The van der Waals surface area contributed by atoms with Gasteiger partial charge in [0.2, 0.25) is 5.91 Å². The van der Waals surface area contributed by atoms with Gasteiger partial charge in [0.1, 0.15) is 12.4 Å². The fraction of sp³-hybridized carbons (Fsp3) is 0.300. The number of hydrogen-bond donors (Lipinski definition) is 1. The summed E-state index contributed by atoms with van der Waals surface area (Å²) in [7, 11) is 0. The molecule has 0 unspecified atom stereocenters. The van der Waals surface area contributed by atoms with Crippen LogP contribution < -0.4 is 10.2 Å². The third kappa shape index (κ3) is 6.59. The Labute approximate surface area is 176 Å². The number of nitrogens with zero attached hydrogens (tertiary/aromatic N) is 1. The predicted molar refractivity (Wildman–Crippen MR) is 119 cm³/mol. The molecule has 1 saturated heterocycles. The summed E-state index contributed by atoms with van der Waals surface area (Å²) in [6.45, 7) is 2.64. The molecule has 1 fully saturated rings. The predicted octanol–water partition coefficient (Wildman–Crippen LogP) is 5.06. The quantitative estimate of drug-likeness (QED) is 0.459. The molecule has 0 saturated carbocycles. The zero-order chi connectivity index (χ0) is 19.1. The van der Waals surface area contributed by atoms with Crippen molar-refractivity contribution in [3.8, 4) is 5.75 Å². The molecule has 1 aliphatic rings. The zero-order valence-electron chi connectivity index (χ0n) is 15.0. The third-order valence-corrected chi connectivity index (χ3v) is 7.80. The lowest BCUT2D eigenvalue weighted by Crippen LogP contribution is -2.26. The van der Waals surface area contributed by atoms with E-state index in [-0.39, 0.29) is 9.99 Å². The summed E-state index contributed by atoms with van der Waals surface area (Å²) in [5.41, 5.74) is 4.63. The van der Waals surface area contributed by atoms with E-state index < -0.39 is 0 Å². The zero-order valence-corrected chi connectivity index (χ0v) is 18.2. The van der Waals surface area contributed by atoms with Crippen LogP contribution in [-0.2, 0) is 11.4 Å². The Morgan fingerprint density at radius 1 is 1.19 bits per heavy atom. The molecule has 0 radical (unpaired) electrons. The van der Waals surface area contributed by atoms with Gasteiger partial charge in [-0.1, -0.05) is 28.1 Å². The van der Waals surface area contributed by atoms with E-state index in [1.165, 1.54) is 0 Å². The minimum absolute atomic E-state index is 0.0204. The van der Waals surface area contributed by atoms with Gasteiger partial charge < -0.3 is 4.74 Å². The van der Waals surface area contributed by atoms with Gasteiger partial charge in [0.15, 0.2) is 0 Å². The highest BCUT2D eigenvalue weighted by atomic mass is 79.9. The minimum atomic E-state index is -0.0508. The van der Waals surface area contributed by atoms with Crippen LogP contribution in [0.25, 0.3) is 0 Å². The van der Waals surface area contributed by atoms with Crippen molar-refractivity contribution in [1.29, 1.82) is 0 Å². The molecule has 0 atom stereocenters. The van der Waals surface area contributed by atoms with Gasteiger partial charge in [-0.15, -0.1) is 23.5 Å². The van der Waals surface area contributed by atoms with Gasteiger partial charge in [-0.25, -0.2) is 5.43 Å². The molecule has 0 spiro atoms. The summed E-state index contributed by atoms with van der Waals surface area (Å²) >= 11 is 7.11. The van der Waals surface area contributed by atoms with E-state index in [0.717, 1.165) is 32.9 Å². The Morgan fingerprint density at radius 2 is 1.85 bits per heavy atom. The lowest BCUT2D eigenvalue weighted by molar-refractivity contribution is -0.121. The number of nitrogens with one attached hydrogen (secondary N) is 1. The second-order valence-corrected chi connectivity index (χ2v) is 10.7. The first kappa shape index (κ1) is 20.3. The number of thioether (sulfide) groups is 2. The maximum Gasteiger partial charge on any atom is 0.242 e. The average Bonchev–Trinajstić information content (AvgIpc) is 3.08. The Bertz CT molecular complexity index is 789. The van der Waals surface area contributed by atoms with Crippen molar-refractivity contribution in [3.63, 3.8) is 0 Å². The fourth-order valence-electron chi connectivity index (χ4n) is 2.57. The van der Waals surface area contributed by atoms with Crippen molar-refractivity contribution in [2.45, 2.75) is 24.0 Å². The maximum absolute atomic E-state index is 12.0. The van der Waals surface area contributed by atoms with Crippen molar-refractivity contribution >= 4 is 51.6 Å². The molecule has 0 bridgehead atoms. The molecule has 0 aliphatic carbocycles. The van der Waals surface area contributed by atoms with Crippen LogP contribution in [-0.4, -0.2) is 27.7 Å². The second kappa shape index (κ2) is 9.66. The highest BCUT2D eigenvalue weighted by Crippen LogP contribution is 2.45. The summed E-state index contributed by atoms with van der Waals surface area (Å²) in [6, 6.07) is 15.7. The van der Waals surface area contributed by atoms with Crippen molar-refractivity contribution < 1.29 is 9.53 Å². The number of ether oxygens (including phenoxy) is 1. The van der Waals surface area contributed by atoms with E-state index in [4.69, 9.17) is 4.74 Å². The molecule has 142 valence electrons. The van der Waals surface area contributed by atoms with Gasteiger partial charge in [0.25, 0.3) is 0 Å². The summed E-state index contributed by atoms with van der Waals surface area (Å²) in [6.07, 6.45) is 2.12.